The first-order valence-corrected chi connectivity index (χ1v) is 9.11. The summed E-state index contributed by atoms with van der Waals surface area (Å²) in [6.45, 7) is 3.34. The minimum Gasteiger partial charge on any atom is -0.339 e. The molecule has 4 nitrogen and oxygen atoms in total. The lowest BCUT2D eigenvalue weighted by atomic mass is 9.94. The van der Waals surface area contributed by atoms with Gasteiger partial charge in [0.25, 0.3) is 5.91 Å². The van der Waals surface area contributed by atoms with Crippen LogP contribution in [0.15, 0.2) is 48.5 Å². The van der Waals surface area contributed by atoms with Gasteiger partial charge in [0.2, 0.25) is 5.91 Å². The number of carbonyl (C=O) groups excluding carboxylic acids is 2. The third-order valence-corrected chi connectivity index (χ3v) is 4.94. The second kappa shape index (κ2) is 8.29. The van der Waals surface area contributed by atoms with Crippen LogP contribution in [0, 0.1) is 17.6 Å². The molecule has 0 N–H and O–H groups in total. The van der Waals surface area contributed by atoms with Gasteiger partial charge in [-0.25, -0.2) is 8.78 Å². The van der Waals surface area contributed by atoms with Gasteiger partial charge < -0.3 is 9.80 Å². The Morgan fingerprint density at radius 1 is 0.963 bits per heavy atom. The summed E-state index contributed by atoms with van der Waals surface area (Å²) in [5.74, 6) is -1.04. The standard InChI is InChI=1S/C21H22F2N2O2/c1-2-25(19-9-7-18(23)8-10-19)21(27)16-11-13-24(14-12-16)20(26)15-3-5-17(22)6-4-15/h3-10,16H,2,11-14H2,1H3. The summed E-state index contributed by atoms with van der Waals surface area (Å²) < 4.78 is 26.1. The van der Waals surface area contributed by atoms with E-state index in [1.807, 2.05) is 6.92 Å². The van der Waals surface area contributed by atoms with Gasteiger partial charge in [-0.3, -0.25) is 9.59 Å². The predicted octanol–water partition coefficient (Wildman–Crippen LogP) is 3.87. The first-order chi connectivity index (χ1) is 13.0. The van der Waals surface area contributed by atoms with E-state index in [2.05, 4.69) is 0 Å². The number of halogens is 2. The molecule has 0 saturated carbocycles. The van der Waals surface area contributed by atoms with Crippen LogP contribution in [0.3, 0.4) is 0 Å². The number of nitrogens with zero attached hydrogens (tertiary/aromatic N) is 2. The van der Waals surface area contributed by atoms with E-state index in [4.69, 9.17) is 0 Å². The minimum atomic E-state index is -0.378. The van der Waals surface area contributed by atoms with Crippen LogP contribution in [0.5, 0.6) is 0 Å². The molecule has 1 saturated heterocycles. The van der Waals surface area contributed by atoms with E-state index in [1.165, 1.54) is 36.4 Å². The van der Waals surface area contributed by atoms with Crippen molar-refractivity contribution in [2.45, 2.75) is 19.8 Å². The molecule has 0 unspecified atom stereocenters. The van der Waals surface area contributed by atoms with Crippen LogP contribution in [0.1, 0.15) is 30.1 Å². The molecule has 6 heteroatoms. The van der Waals surface area contributed by atoms with E-state index in [-0.39, 0.29) is 29.4 Å². The van der Waals surface area contributed by atoms with E-state index in [0.29, 0.717) is 43.7 Å². The van der Waals surface area contributed by atoms with Crippen LogP contribution in [0.2, 0.25) is 0 Å². The predicted molar refractivity (Wildman–Crippen MR) is 99.5 cm³/mol. The van der Waals surface area contributed by atoms with Gasteiger partial charge in [-0.15, -0.1) is 0 Å². The molecule has 0 aliphatic carbocycles. The molecule has 0 radical (unpaired) electrons. The Morgan fingerprint density at radius 2 is 1.48 bits per heavy atom. The molecule has 0 atom stereocenters. The van der Waals surface area contributed by atoms with E-state index in [9.17, 15) is 18.4 Å². The minimum absolute atomic E-state index is 0.00186. The van der Waals surface area contributed by atoms with E-state index in [0.717, 1.165) is 0 Å². The number of benzene rings is 2. The molecular weight excluding hydrogens is 350 g/mol. The van der Waals surface area contributed by atoms with Crippen LogP contribution in [0.25, 0.3) is 0 Å². The fraction of sp³-hybridized carbons (Fsp3) is 0.333. The van der Waals surface area contributed by atoms with Crippen LogP contribution in [-0.4, -0.2) is 36.3 Å². The van der Waals surface area contributed by atoms with Crippen molar-refractivity contribution in [1.82, 2.24) is 4.90 Å². The molecule has 1 aliphatic rings. The number of piperidine rings is 1. The number of anilines is 1. The summed E-state index contributed by atoms with van der Waals surface area (Å²) in [4.78, 5) is 28.7. The van der Waals surface area contributed by atoms with Gasteiger partial charge in [0.15, 0.2) is 0 Å². The zero-order valence-corrected chi connectivity index (χ0v) is 15.2. The Kier molecular flexibility index (Phi) is 5.84. The fourth-order valence-corrected chi connectivity index (χ4v) is 3.41. The smallest absolute Gasteiger partial charge is 0.253 e. The highest BCUT2D eigenvalue weighted by Crippen LogP contribution is 2.24. The summed E-state index contributed by atoms with van der Waals surface area (Å²) in [7, 11) is 0. The second-order valence-corrected chi connectivity index (χ2v) is 6.63. The molecule has 2 aromatic rings. The van der Waals surface area contributed by atoms with Crippen LogP contribution < -0.4 is 4.90 Å². The van der Waals surface area contributed by atoms with E-state index in [1.54, 1.807) is 21.9 Å². The largest absolute Gasteiger partial charge is 0.339 e. The zero-order valence-electron chi connectivity index (χ0n) is 15.2. The van der Waals surface area contributed by atoms with E-state index < -0.39 is 0 Å². The highest BCUT2D eigenvalue weighted by molar-refractivity contribution is 5.96. The molecule has 1 aliphatic heterocycles. The van der Waals surface area contributed by atoms with Gasteiger partial charge in [-0.1, -0.05) is 0 Å². The highest BCUT2D eigenvalue weighted by Gasteiger charge is 2.30. The Hall–Kier alpha value is -2.76. The first-order valence-electron chi connectivity index (χ1n) is 9.11. The van der Waals surface area contributed by atoms with E-state index >= 15 is 0 Å². The summed E-state index contributed by atoms with van der Waals surface area (Å²) in [5, 5.41) is 0. The van der Waals surface area contributed by atoms with Crippen LogP contribution in [-0.2, 0) is 4.79 Å². The lowest BCUT2D eigenvalue weighted by Gasteiger charge is -2.34. The Bertz CT molecular complexity index is 798. The van der Waals surface area contributed by atoms with Gasteiger partial charge >= 0.3 is 0 Å². The SMILES string of the molecule is CCN(C(=O)C1CCN(C(=O)c2ccc(F)cc2)CC1)c1ccc(F)cc1. The molecule has 0 aromatic heterocycles. The number of hydrogen-bond donors (Lipinski definition) is 0. The molecule has 0 spiro atoms. The summed E-state index contributed by atoms with van der Waals surface area (Å²) in [6, 6.07) is 11.4. The number of hydrogen-bond acceptors (Lipinski definition) is 2. The lowest BCUT2D eigenvalue weighted by Crippen LogP contribution is -2.44. The highest BCUT2D eigenvalue weighted by atomic mass is 19.1. The number of likely N-dealkylation sites (tertiary alicyclic amines) is 1. The van der Waals surface area contributed by atoms with Crippen molar-refractivity contribution in [3.8, 4) is 0 Å². The second-order valence-electron chi connectivity index (χ2n) is 6.63. The van der Waals surface area contributed by atoms with Crippen molar-refractivity contribution < 1.29 is 18.4 Å². The van der Waals surface area contributed by atoms with Crippen molar-refractivity contribution in [3.63, 3.8) is 0 Å². The normalized spacial score (nSPS) is 14.9. The molecular formula is C21H22F2N2O2. The average Bonchev–Trinajstić information content (AvgIpc) is 2.70. The summed E-state index contributed by atoms with van der Waals surface area (Å²) in [6.07, 6.45) is 1.15. The lowest BCUT2D eigenvalue weighted by molar-refractivity contribution is -0.123. The van der Waals surface area contributed by atoms with Crippen molar-refractivity contribution >= 4 is 17.5 Å². The molecule has 1 fully saturated rings. The first kappa shape index (κ1) is 19.0. The number of amides is 2. The van der Waals surface area contributed by atoms with Gasteiger partial charge in [-0.2, -0.15) is 0 Å². The van der Waals surface area contributed by atoms with Crippen molar-refractivity contribution in [2.24, 2.45) is 5.92 Å². The quantitative estimate of drug-likeness (QED) is 0.817. The van der Waals surface area contributed by atoms with Gasteiger partial charge in [-0.05, 0) is 68.3 Å². The molecule has 0 bridgehead atoms. The molecule has 3 rings (SSSR count). The Labute approximate surface area is 157 Å². The monoisotopic (exact) mass is 372 g/mol. The average molecular weight is 372 g/mol. The number of rotatable bonds is 4. The zero-order chi connectivity index (χ0) is 19.4. The van der Waals surface area contributed by atoms with Gasteiger partial charge in [0.05, 0.1) is 0 Å². The summed E-state index contributed by atoms with van der Waals surface area (Å²) in [5.41, 5.74) is 1.12. The van der Waals surface area contributed by atoms with Crippen molar-refractivity contribution in [3.05, 3.63) is 65.7 Å². The summed E-state index contributed by atoms with van der Waals surface area (Å²) >= 11 is 0. The van der Waals surface area contributed by atoms with Gasteiger partial charge in [0.1, 0.15) is 11.6 Å². The van der Waals surface area contributed by atoms with Crippen LogP contribution in [0.4, 0.5) is 14.5 Å². The topological polar surface area (TPSA) is 40.6 Å². The third-order valence-electron chi connectivity index (χ3n) is 4.94. The molecule has 1 heterocycles. The Morgan fingerprint density at radius 3 is 2.00 bits per heavy atom. The van der Waals surface area contributed by atoms with Crippen molar-refractivity contribution in [1.29, 1.82) is 0 Å². The van der Waals surface area contributed by atoms with Gasteiger partial charge in [0, 0.05) is 36.8 Å². The third kappa shape index (κ3) is 4.32. The molecule has 27 heavy (non-hydrogen) atoms. The van der Waals surface area contributed by atoms with Crippen LogP contribution >= 0.6 is 0 Å². The Balaban J connectivity index is 1.62. The molecule has 142 valence electrons. The maximum Gasteiger partial charge on any atom is 0.253 e. The maximum absolute atomic E-state index is 13.1. The fourth-order valence-electron chi connectivity index (χ4n) is 3.41. The number of carbonyl (C=O) groups is 2. The maximum atomic E-state index is 13.1. The van der Waals surface area contributed by atoms with Crippen molar-refractivity contribution in [2.75, 3.05) is 24.5 Å². The molecule has 2 amide bonds. The molecule has 2 aromatic carbocycles.